The van der Waals surface area contributed by atoms with Crippen molar-refractivity contribution in [2.45, 2.75) is 134 Å². The molecule has 0 saturated heterocycles. The molecular formula is C34H53NaO7S. The number of benzene rings is 1. The predicted octanol–water partition coefficient (Wildman–Crippen LogP) is 6.08. The monoisotopic (exact) mass is 628 g/mol. The predicted molar refractivity (Wildman–Crippen MR) is 168 cm³/mol. The first-order valence-electron chi connectivity index (χ1n) is 16.1. The van der Waals surface area contributed by atoms with Crippen LogP contribution in [0.4, 0.5) is 0 Å². The van der Waals surface area contributed by atoms with E-state index in [2.05, 4.69) is 38.2 Å². The molecule has 0 amide bonds. The van der Waals surface area contributed by atoms with Crippen molar-refractivity contribution in [1.29, 1.82) is 0 Å². The molecule has 0 spiro atoms. The molecular weight excluding hydrogens is 575 g/mol. The summed E-state index contributed by atoms with van der Waals surface area (Å²) in [6.45, 7) is 4.56. The van der Waals surface area contributed by atoms with E-state index in [0.29, 0.717) is 12.8 Å². The van der Waals surface area contributed by atoms with Gasteiger partial charge in [-0.1, -0.05) is 108 Å². The summed E-state index contributed by atoms with van der Waals surface area (Å²) in [5.74, 6) is -1.84. The molecule has 0 radical (unpaired) electrons. The third-order valence-electron chi connectivity index (χ3n) is 6.96. The number of esters is 2. The zero-order valence-electron chi connectivity index (χ0n) is 26.9. The van der Waals surface area contributed by atoms with Gasteiger partial charge in [0, 0.05) is 0 Å². The van der Waals surface area contributed by atoms with Crippen molar-refractivity contribution in [3.8, 4) is 0 Å². The van der Waals surface area contributed by atoms with Crippen LogP contribution < -0.4 is 29.6 Å². The van der Waals surface area contributed by atoms with Gasteiger partial charge in [-0.2, -0.15) is 0 Å². The smallest absolute Gasteiger partial charge is 0.744 e. The molecule has 0 aliphatic carbocycles. The molecule has 0 unspecified atom stereocenters. The summed E-state index contributed by atoms with van der Waals surface area (Å²) in [6.07, 6.45) is 27.7. The Bertz CT molecular complexity index is 1050. The van der Waals surface area contributed by atoms with Crippen LogP contribution in [0, 0.1) is 0 Å². The van der Waals surface area contributed by atoms with Gasteiger partial charge in [0.25, 0.3) is 0 Å². The Hall–Kier alpha value is -1.45. The summed E-state index contributed by atoms with van der Waals surface area (Å²) in [5, 5.41) is 0. The van der Waals surface area contributed by atoms with Crippen LogP contribution in [0.2, 0.25) is 0 Å². The molecule has 1 aromatic rings. The summed E-state index contributed by atoms with van der Waals surface area (Å²) < 4.78 is 46.2. The molecule has 0 N–H and O–H groups in total. The van der Waals surface area contributed by atoms with E-state index >= 15 is 0 Å². The van der Waals surface area contributed by atoms with Gasteiger partial charge in [0.15, 0.2) is 0 Å². The van der Waals surface area contributed by atoms with Crippen LogP contribution in [0.1, 0.15) is 150 Å². The van der Waals surface area contributed by atoms with Gasteiger partial charge in [-0.3, -0.25) is 0 Å². The minimum atomic E-state index is -5.01. The van der Waals surface area contributed by atoms with Crippen molar-refractivity contribution in [3.05, 3.63) is 53.6 Å². The van der Waals surface area contributed by atoms with Crippen molar-refractivity contribution in [2.24, 2.45) is 0 Å². The van der Waals surface area contributed by atoms with E-state index < -0.39 is 32.5 Å². The fourth-order valence-electron chi connectivity index (χ4n) is 4.55. The molecule has 0 aromatic heterocycles. The Balaban J connectivity index is 0.0000176. The zero-order valence-corrected chi connectivity index (χ0v) is 29.8. The molecule has 0 bridgehead atoms. The van der Waals surface area contributed by atoms with Gasteiger partial charge in [-0.25, -0.2) is 18.0 Å². The fourth-order valence-corrected chi connectivity index (χ4v) is 5.24. The molecule has 9 heteroatoms. The maximum absolute atomic E-state index is 12.9. The first kappa shape index (κ1) is 41.5. The molecule has 43 heavy (non-hydrogen) atoms. The second-order valence-corrected chi connectivity index (χ2v) is 12.1. The van der Waals surface area contributed by atoms with Crippen LogP contribution in [0.5, 0.6) is 0 Å². The van der Waals surface area contributed by atoms with E-state index in [1.165, 1.54) is 31.4 Å². The van der Waals surface area contributed by atoms with E-state index in [4.69, 9.17) is 9.47 Å². The standard InChI is InChI=1S/C34H54O7S.Na/c1-3-5-7-9-11-13-15-17-19-21-23-28-40-33(35)30-26-25-27-31(42(37,38)39)32(30)34(36)41-29-24-22-20-18-16-14-12-10-8-6-4-2;/h7-10,25-27H,3-6,11-24,28-29H2,1-2H3,(H,37,38,39);/q;+1/p-1/b9-7+,10-8+;. The quantitative estimate of drug-likeness (QED) is 0.0424. The maximum Gasteiger partial charge on any atom is 1.00 e. The van der Waals surface area contributed by atoms with Crippen LogP contribution in [-0.2, 0) is 19.6 Å². The first-order chi connectivity index (χ1) is 20.3. The van der Waals surface area contributed by atoms with Gasteiger partial charge in [0.05, 0.1) is 29.2 Å². The van der Waals surface area contributed by atoms with Crippen LogP contribution in [-0.4, -0.2) is 38.1 Å². The van der Waals surface area contributed by atoms with Gasteiger partial charge in [0.1, 0.15) is 10.1 Å². The topological polar surface area (TPSA) is 110 Å². The molecule has 0 aliphatic rings. The molecule has 0 aliphatic heterocycles. The van der Waals surface area contributed by atoms with Crippen molar-refractivity contribution in [3.63, 3.8) is 0 Å². The average Bonchev–Trinajstić information content (AvgIpc) is 2.97. The Morgan fingerprint density at radius 2 is 1.07 bits per heavy atom. The van der Waals surface area contributed by atoms with Crippen LogP contribution in [0.25, 0.3) is 0 Å². The Kier molecular flexibility index (Phi) is 26.0. The van der Waals surface area contributed by atoms with Gasteiger partial charge in [0.2, 0.25) is 0 Å². The number of carbonyl (C=O) groups is 2. The van der Waals surface area contributed by atoms with Gasteiger partial charge in [-0.15, -0.1) is 0 Å². The van der Waals surface area contributed by atoms with Crippen molar-refractivity contribution in [2.75, 3.05) is 13.2 Å². The Morgan fingerprint density at radius 1 is 0.651 bits per heavy atom. The van der Waals surface area contributed by atoms with E-state index in [0.717, 1.165) is 89.5 Å². The third kappa shape index (κ3) is 20.3. The van der Waals surface area contributed by atoms with E-state index in [1.807, 2.05) is 0 Å². The van der Waals surface area contributed by atoms with Crippen molar-refractivity contribution in [1.82, 2.24) is 0 Å². The minimum absolute atomic E-state index is 0. The molecule has 0 saturated carbocycles. The molecule has 0 fully saturated rings. The number of carbonyl (C=O) groups excluding carboxylic acids is 2. The molecule has 1 rings (SSSR count). The number of allylic oxidation sites excluding steroid dienone is 4. The second-order valence-electron chi connectivity index (χ2n) is 10.7. The Morgan fingerprint density at radius 3 is 1.53 bits per heavy atom. The molecule has 238 valence electrons. The molecule has 7 nitrogen and oxygen atoms in total. The third-order valence-corrected chi connectivity index (χ3v) is 7.84. The second kappa shape index (κ2) is 26.9. The Labute approximate surface area is 283 Å². The van der Waals surface area contributed by atoms with Crippen LogP contribution in [0.15, 0.2) is 47.4 Å². The largest absolute Gasteiger partial charge is 1.00 e. The fraction of sp³-hybridized carbons (Fsp3) is 0.647. The number of hydrogen-bond acceptors (Lipinski definition) is 7. The van der Waals surface area contributed by atoms with Gasteiger partial charge >= 0.3 is 41.5 Å². The van der Waals surface area contributed by atoms with Crippen molar-refractivity contribution < 1.29 is 61.6 Å². The van der Waals surface area contributed by atoms with Crippen molar-refractivity contribution >= 4 is 22.1 Å². The van der Waals surface area contributed by atoms with Gasteiger partial charge in [-0.05, 0) is 63.5 Å². The summed E-state index contributed by atoms with van der Waals surface area (Å²) in [7, 11) is -5.01. The SMILES string of the molecule is CCC/C=C/CCCCCCCCOC(=O)c1cccc(S(=O)(=O)[O-])c1C(=O)OCCCCCCCC/C=C/CCC.[Na+]. The minimum Gasteiger partial charge on any atom is -0.744 e. The summed E-state index contributed by atoms with van der Waals surface area (Å²) in [6, 6.07) is 3.57. The number of hydrogen-bond donors (Lipinski definition) is 0. The summed E-state index contributed by atoms with van der Waals surface area (Å²) >= 11 is 0. The molecule has 0 heterocycles. The zero-order chi connectivity index (χ0) is 30.9. The number of unbranched alkanes of at least 4 members (excludes halogenated alkanes) is 14. The van der Waals surface area contributed by atoms with E-state index in [9.17, 15) is 22.6 Å². The van der Waals surface area contributed by atoms with Crippen LogP contribution >= 0.6 is 0 Å². The maximum atomic E-state index is 12.9. The van der Waals surface area contributed by atoms with E-state index in [-0.39, 0.29) is 48.3 Å². The average molecular weight is 629 g/mol. The first-order valence-corrected chi connectivity index (χ1v) is 17.5. The molecule has 0 atom stereocenters. The summed E-state index contributed by atoms with van der Waals surface area (Å²) in [5.41, 5.74) is -0.803. The van der Waals surface area contributed by atoms with E-state index in [1.54, 1.807) is 0 Å². The molecule has 1 aromatic carbocycles. The summed E-state index contributed by atoms with van der Waals surface area (Å²) in [4.78, 5) is 24.9. The normalized spacial score (nSPS) is 11.6. The number of ether oxygens (including phenoxy) is 2. The van der Waals surface area contributed by atoms with Crippen LogP contribution in [0.3, 0.4) is 0 Å². The number of rotatable bonds is 25. The van der Waals surface area contributed by atoms with Gasteiger partial charge < -0.3 is 14.0 Å².